The van der Waals surface area contributed by atoms with E-state index in [9.17, 15) is 5.11 Å². The average Bonchev–Trinajstić information content (AvgIpc) is 2.58. The Kier molecular flexibility index (Phi) is 2.47. The van der Waals surface area contributed by atoms with E-state index in [2.05, 4.69) is 15.1 Å². The van der Waals surface area contributed by atoms with Crippen molar-refractivity contribution >= 4 is 0 Å². The van der Waals surface area contributed by atoms with E-state index in [1.165, 1.54) is 6.33 Å². The second-order valence-corrected chi connectivity index (χ2v) is 3.41. The second kappa shape index (κ2) is 3.78. The molecule has 0 saturated carbocycles. The Morgan fingerprint density at radius 1 is 1.33 bits per heavy atom. The van der Waals surface area contributed by atoms with Crippen molar-refractivity contribution in [3.8, 4) is 0 Å². The Labute approximate surface area is 87.4 Å². The number of aliphatic hydroxyl groups excluding tert-OH is 1. The Bertz CT molecular complexity index is 452. The molecule has 2 aromatic rings. The number of nitrogens with zero attached hydrogens (tertiary/aromatic N) is 4. The average molecular weight is 204 g/mol. The minimum atomic E-state index is -0.725. The van der Waals surface area contributed by atoms with Crippen LogP contribution in [0.5, 0.6) is 0 Å². The first kappa shape index (κ1) is 9.79. The van der Waals surface area contributed by atoms with Crippen LogP contribution in [-0.2, 0) is 7.05 Å². The van der Waals surface area contributed by atoms with Gasteiger partial charge in [-0.2, -0.15) is 5.10 Å². The highest BCUT2D eigenvalue weighted by Crippen LogP contribution is 2.20. The summed E-state index contributed by atoms with van der Waals surface area (Å²) >= 11 is 0. The van der Waals surface area contributed by atoms with Crippen LogP contribution in [0.3, 0.4) is 0 Å². The summed E-state index contributed by atoms with van der Waals surface area (Å²) in [5, 5.41) is 14.2. The minimum absolute atomic E-state index is 0.667. The molecule has 2 aromatic heterocycles. The van der Waals surface area contributed by atoms with Gasteiger partial charge in [0.15, 0.2) is 0 Å². The van der Waals surface area contributed by atoms with E-state index >= 15 is 0 Å². The van der Waals surface area contributed by atoms with Crippen LogP contribution in [0.4, 0.5) is 0 Å². The Hall–Kier alpha value is -1.75. The van der Waals surface area contributed by atoms with E-state index in [1.54, 1.807) is 24.1 Å². The lowest BCUT2D eigenvalue weighted by Crippen LogP contribution is -2.07. The maximum Gasteiger partial charge on any atom is 0.124 e. The van der Waals surface area contributed by atoms with E-state index < -0.39 is 6.10 Å². The molecule has 0 aromatic carbocycles. The molecule has 0 saturated heterocycles. The number of aryl methyl sites for hydroxylation is 2. The van der Waals surface area contributed by atoms with Crippen LogP contribution in [0.2, 0.25) is 0 Å². The maximum atomic E-state index is 10.0. The van der Waals surface area contributed by atoms with E-state index in [1.807, 2.05) is 13.0 Å². The number of hydrogen-bond donors (Lipinski definition) is 1. The summed E-state index contributed by atoms with van der Waals surface area (Å²) in [6.07, 6.45) is 3.91. The van der Waals surface area contributed by atoms with Gasteiger partial charge in [-0.25, -0.2) is 9.97 Å². The van der Waals surface area contributed by atoms with Crippen molar-refractivity contribution in [1.82, 2.24) is 19.7 Å². The highest BCUT2D eigenvalue weighted by molar-refractivity contribution is 5.22. The SMILES string of the molecule is Cc1cc(C(O)c2cncnc2)n(C)n1. The van der Waals surface area contributed by atoms with Crippen LogP contribution < -0.4 is 0 Å². The van der Waals surface area contributed by atoms with E-state index in [4.69, 9.17) is 0 Å². The van der Waals surface area contributed by atoms with Gasteiger partial charge >= 0.3 is 0 Å². The molecule has 0 amide bonds. The summed E-state index contributed by atoms with van der Waals surface area (Å²) in [6, 6.07) is 1.84. The van der Waals surface area contributed by atoms with E-state index in [0.29, 0.717) is 5.56 Å². The maximum absolute atomic E-state index is 10.0. The first-order chi connectivity index (χ1) is 7.18. The van der Waals surface area contributed by atoms with Crippen LogP contribution in [0, 0.1) is 6.92 Å². The van der Waals surface area contributed by atoms with Crippen LogP contribution in [0.15, 0.2) is 24.8 Å². The predicted octanol–water partition coefficient (Wildman–Crippen LogP) is 0.600. The Morgan fingerprint density at radius 3 is 2.53 bits per heavy atom. The van der Waals surface area contributed by atoms with Crippen LogP contribution in [-0.4, -0.2) is 24.9 Å². The molecule has 0 aliphatic heterocycles. The van der Waals surface area contributed by atoms with Crippen LogP contribution >= 0.6 is 0 Å². The van der Waals surface area contributed by atoms with Crippen molar-refractivity contribution < 1.29 is 5.11 Å². The zero-order valence-corrected chi connectivity index (χ0v) is 8.62. The smallest absolute Gasteiger partial charge is 0.124 e. The summed E-state index contributed by atoms with van der Waals surface area (Å²) in [5.74, 6) is 0. The lowest BCUT2D eigenvalue weighted by molar-refractivity contribution is 0.209. The topological polar surface area (TPSA) is 63.8 Å². The molecular formula is C10H12N4O. The summed E-state index contributed by atoms with van der Waals surface area (Å²) < 4.78 is 1.66. The third kappa shape index (κ3) is 1.87. The third-order valence-corrected chi connectivity index (χ3v) is 2.21. The molecule has 5 heteroatoms. The van der Waals surface area contributed by atoms with Crippen molar-refractivity contribution in [2.24, 2.45) is 7.05 Å². The third-order valence-electron chi connectivity index (χ3n) is 2.21. The van der Waals surface area contributed by atoms with Crippen molar-refractivity contribution in [3.05, 3.63) is 41.7 Å². The molecular weight excluding hydrogens is 192 g/mol. The monoisotopic (exact) mass is 204 g/mol. The quantitative estimate of drug-likeness (QED) is 0.778. The highest BCUT2D eigenvalue weighted by atomic mass is 16.3. The van der Waals surface area contributed by atoms with Gasteiger partial charge in [-0.05, 0) is 13.0 Å². The summed E-state index contributed by atoms with van der Waals surface area (Å²) in [6.45, 7) is 1.89. The Balaban J connectivity index is 2.36. The Morgan fingerprint density at radius 2 is 2.00 bits per heavy atom. The van der Waals surface area contributed by atoms with Gasteiger partial charge in [0.2, 0.25) is 0 Å². The molecule has 0 radical (unpaired) electrons. The van der Waals surface area contributed by atoms with Crippen LogP contribution in [0.25, 0.3) is 0 Å². The number of rotatable bonds is 2. The molecule has 0 spiro atoms. The molecule has 0 aliphatic rings. The molecule has 1 N–H and O–H groups in total. The molecule has 2 heterocycles. The van der Waals surface area contributed by atoms with E-state index in [-0.39, 0.29) is 0 Å². The molecule has 0 bridgehead atoms. The standard InChI is InChI=1S/C10H12N4O/c1-7-3-9(14(2)13-7)10(15)8-4-11-6-12-5-8/h3-6,10,15H,1-2H3. The lowest BCUT2D eigenvalue weighted by Gasteiger charge is -2.09. The number of hydrogen-bond acceptors (Lipinski definition) is 4. The van der Waals surface area contributed by atoms with Crippen molar-refractivity contribution in [3.63, 3.8) is 0 Å². The summed E-state index contributed by atoms with van der Waals surface area (Å²) in [4.78, 5) is 7.73. The van der Waals surface area contributed by atoms with E-state index in [0.717, 1.165) is 11.4 Å². The fraction of sp³-hybridized carbons (Fsp3) is 0.300. The largest absolute Gasteiger partial charge is 0.382 e. The second-order valence-electron chi connectivity index (χ2n) is 3.41. The van der Waals surface area contributed by atoms with Crippen LogP contribution in [0.1, 0.15) is 23.1 Å². The fourth-order valence-electron chi connectivity index (χ4n) is 1.51. The van der Waals surface area contributed by atoms with Crippen molar-refractivity contribution in [1.29, 1.82) is 0 Å². The van der Waals surface area contributed by atoms with Gasteiger partial charge in [-0.15, -0.1) is 0 Å². The molecule has 78 valence electrons. The molecule has 15 heavy (non-hydrogen) atoms. The molecule has 1 unspecified atom stereocenters. The molecule has 1 atom stereocenters. The summed E-state index contributed by atoms with van der Waals surface area (Å²) in [7, 11) is 1.80. The van der Waals surface area contributed by atoms with Crippen molar-refractivity contribution in [2.75, 3.05) is 0 Å². The minimum Gasteiger partial charge on any atom is -0.382 e. The van der Waals surface area contributed by atoms with Gasteiger partial charge in [0.05, 0.1) is 11.4 Å². The molecule has 0 aliphatic carbocycles. The number of aromatic nitrogens is 4. The normalized spacial score (nSPS) is 12.7. The summed E-state index contributed by atoms with van der Waals surface area (Å²) in [5.41, 5.74) is 2.28. The first-order valence-corrected chi connectivity index (χ1v) is 4.62. The van der Waals surface area contributed by atoms with Gasteiger partial charge in [-0.1, -0.05) is 0 Å². The van der Waals surface area contributed by atoms with Gasteiger partial charge in [0.1, 0.15) is 12.4 Å². The van der Waals surface area contributed by atoms with Crippen molar-refractivity contribution in [2.45, 2.75) is 13.0 Å². The fourth-order valence-corrected chi connectivity index (χ4v) is 1.51. The first-order valence-electron chi connectivity index (χ1n) is 4.62. The van der Waals surface area contributed by atoms with Gasteiger partial charge in [-0.3, -0.25) is 4.68 Å². The van der Waals surface area contributed by atoms with Gasteiger partial charge in [0.25, 0.3) is 0 Å². The zero-order valence-electron chi connectivity index (χ0n) is 8.62. The highest BCUT2D eigenvalue weighted by Gasteiger charge is 2.15. The number of aliphatic hydroxyl groups is 1. The predicted molar refractivity (Wildman–Crippen MR) is 54.0 cm³/mol. The molecule has 2 rings (SSSR count). The van der Waals surface area contributed by atoms with Gasteiger partial charge < -0.3 is 5.11 Å². The molecule has 0 fully saturated rings. The lowest BCUT2D eigenvalue weighted by atomic mass is 10.1. The van der Waals surface area contributed by atoms with Gasteiger partial charge in [0, 0.05) is 25.0 Å². The zero-order chi connectivity index (χ0) is 10.8. The molecule has 5 nitrogen and oxygen atoms in total.